The van der Waals surface area contributed by atoms with Crippen LogP contribution in [0.1, 0.15) is 69.3 Å². The largest absolute Gasteiger partial charge is 0.466 e. The van der Waals surface area contributed by atoms with Gasteiger partial charge < -0.3 is 9.64 Å². The maximum atomic E-state index is 13.2. The number of rotatable bonds is 6. The number of ether oxygens (including phenoxy) is 1. The molecule has 1 aromatic rings. The Hall–Kier alpha value is -1.84. The average Bonchev–Trinajstić information content (AvgIpc) is 3.17. The lowest BCUT2D eigenvalue weighted by atomic mass is 9.72. The molecule has 0 saturated carbocycles. The van der Waals surface area contributed by atoms with E-state index < -0.39 is 5.41 Å². The molecule has 2 heterocycles. The molecule has 2 aliphatic rings. The quantitative estimate of drug-likeness (QED) is 0.716. The second-order valence-electron chi connectivity index (χ2n) is 8.19. The minimum Gasteiger partial charge on any atom is -0.466 e. The van der Waals surface area contributed by atoms with Gasteiger partial charge >= 0.3 is 5.97 Å². The molecule has 1 amide bonds. The zero-order valence-corrected chi connectivity index (χ0v) is 16.5. The molecule has 3 atom stereocenters. The number of esters is 1. The van der Waals surface area contributed by atoms with Crippen molar-refractivity contribution < 1.29 is 14.3 Å². The topological polar surface area (TPSA) is 46.6 Å². The van der Waals surface area contributed by atoms with Crippen molar-refractivity contribution in [1.29, 1.82) is 0 Å². The Morgan fingerprint density at radius 2 is 1.88 bits per heavy atom. The van der Waals surface area contributed by atoms with Crippen molar-refractivity contribution in [2.75, 3.05) is 6.61 Å². The number of carbonyl (C=O) groups is 2. The second-order valence-corrected chi connectivity index (χ2v) is 8.19. The summed E-state index contributed by atoms with van der Waals surface area (Å²) >= 11 is 0. The minimum atomic E-state index is -0.522. The molecule has 0 unspecified atom stereocenters. The number of nitrogens with zero attached hydrogens (tertiary/aromatic N) is 1. The lowest BCUT2D eigenvalue weighted by Gasteiger charge is -2.34. The van der Waals surface area contributed by atoms with E-state index in [4.69, 9.17) is 4.74 Å². The Morgan fingerprint density at radius 1 is 1.19 bits per heavy atom. The highest BCUT2D eigenvalue weighted by Gasteiger charge is 2.61. The summed E-state index contributed by atoms with van der Waals surface area (Å²) in [6.45, 7) is 8.67. The van der Waals surface area contributed by atoms with Crippen LogP contribution in [0.15, 0.2) is 24.3 Å². The van der Waals surface area contributed by atoms with E-state index >= 15 is 0 Å². The smallest absolute Gasteiger partial charge is 0.314 e. The van der Waals surface area contributed by atoms with E-state index in [2.05, 4.69) is 26.0 Å². The minimum absolute atomic E-state index is 0.0283. The van der Waals surface area contributed by atoms with Gasteiger partial charge in [0.2, 0.25) is 0 Å². The monoisotopic (exact) mass is 357 g/mol. The molecule has 2 fully saturated rings. The molecule has 0 radical (unpaired) electrons. The molecule has 2 aliphatic heterocycles. The molecule has 0 spiro atoms. The highest BCUT2D eigenvalue weighted by Crippen LogP contribution is 2.52. The summed E-state index contributed by atoms with van der Waals surface area (Å²) in [5.41, 5.74) is 1.46. The standard InChI is InChI=1S/C22H31NO3/c1-5-22(21(25)26-6-2)14-18-11-12-19(22)23(18)20(24)17-9-7-16(8-10-17)13-15(3)4/h7-10,15,18-19H,5-6,11-14H2,1-4H3/t18-,19+,22+/m1/s1. The van der Waals surface area contributed by atoms with Gasteiger partial charge in [0.25, 0.3) is 5.91 Å². The summed E-state index contributed by atoms with van der Waals surface area (Å²) in [5, 5.41) is 0. The van der Waals surface area contributed by atoms with E-state index in [-0.39, 0.29) is 24.0 Å². The van der Waals surface area contributed by atoms with E-state index in [0.29, 0.717) is 12.5 Å². The Morgan fingerprint density at radius 3 is 2.46 bits per heavy atom. The Labute approximate surface area is 156 Å². The highest BCUT2D eigenvalue weighted by atomic mass is 16.5. The zero-order chi connectivity index (χ0) is 18.9. The van der Waals surface area contributed by atoms with Crippen LogP contribution in [0, 0.1) is 11.3 Å². The third-order valence-corrected chi connectivity index (χ3v) is 6.13. The molecule has 0 aromatic heterocycles. The lowest BCUT2D eigenvalue weighted by Crippen LogP contribution is -2.45. The molecule has 2 bridgehead atoms. The maximum absolute atomic E-state index is 13.2. The van der Waals surface area contributed by atoms with E-state index in [0.717, 1.165) is 37.7 Å². The van der Waals surface area contributed by atoms with Crippen LogP contribution in [-0.2, 0) is 16.0 Å². The van der Waals surface area contributed by atoms with E-state index in [9.17, 15) is 9.59 Å². The maximum Gasteiger partial charge on any atom is 0.314 e. The first-order chi connectivity index (χ1) is 12.4. The molecule has 4 nitrogen and oxygen atoms in total. The summed E-state index contributed by atoms with van der Waals surface area (Å²) in [6, 6.07) is 8.13. The van der Waals surface area contributed by atoms with E-state index in [1.54, 1.807) is 0 Å². The fraction of sp³-hybridized carbons (Fsp3) is 0.636. The molecule has 0 aliphatic carbocycles. The number of fused-ring (bicyclic) bond motifs is 2. The van der Waals surface area contributed by atoms with Crippen molar-refractivity contribution in [2.24, 2.45) is 11.3 Å². The Bertz CT molecular complexity index is 666. The summed E-state index contributed by atoms with van der Waals surface area (Å²) < 4.78 is 5.38. The molecule has 2 saturated heterocycles. The third-order valence-electron chi connectivity index (χ3n) is 6.13. The van der Waals surface area contributed by atoms with Gasteiger partial charge in [-0.2, -0.15) is 0 Å². The molecule has 3 rings (SSSR count). The first-order valence-corrected chi connectivity index (χ1v) is 10.0. The van der Waals surface area contributed by atoms with Crippen molar-refractivity contribution in [1.82, 2.24) is 4.90 Å². The fourth-order valence-corrected chi connectivity index (χ4v) is 4.91. The molecule has 0 N–H and O–H groups in total. The number of amides is 1. The number of benzene rings is 1. The Balaban J connectivity index is 1.81. The van der Waals surface area contributed by atoms with Gasteiger partial charge in [0.1, 0.15) is 0 Å². The van der Waals surface area contributed by atoms with E-state index in [1.807, 2.05) is 30.9 Å². The van der Waals surface area contributed by atoms with Crippen LogP contribution < -0.4 is 0 Å². The predicted octanol–water partition coefficient (Wildman–Crippen LogP) is 4.22. The molecule has 4 heteroatoms. The molecule has 26 heavy (non-hydrogen) atoms. The van der Waals surface area contributed by atoms with Crippen LogP contribution >= 0.6 is 0 Å². The summed E-state index contributed by atoms with van der Waals surface area (Å²) in [7, 11) is 0. The number of carbonyl (C=O) groups excluding carboxylic acids is 2. The van der Waals surface area contributed by atoms with Crippen molar-refractivity contribution in [3.63, 3.8) is 0 Å². The van der Waals surface area contributed by atoms with Gasteiger partial charge in [-0.3, -0.25) is 9.59 Å². The first kappa shape index (κ1) is 18.9. The first-order valence-electron chi connectivity index (χ1n) is 10.0. The van der Waals surface area contributed by atoms with Crippen LogP contribution in [-0.4, -0.2) is 35.5 Å². The second kappa shape index (κ2) is 7.42. The van der Waals surface area contributed by atoms with Crippen molar-refractivity contribution in [3.8, 4) is 0 Å². The van der Waals surface area contributed by atoms with Crippen LogP contribution in [0.4, 0.5) is 0 Å². The van der Waals surface area contributed by atoms with Gasteiger partial charge in [-0.05, 0) is 62.6 Å². The third kappa shape index (κ3) is 3.15. The van der Waals surface area contributed by atoms with Crippen LogP contribution in [0.2, 0.25) is 0 Å². The van der Waals surface area contributed by atoms with Crippen LogP contribution in [0.5, 0.6) is 0 Å². The van der Waals surface area contributed by atoms with Gasteiger partial charge in [-0.25, -0.2) is 0 Å². The van der Waals surface area contributed by atoms with Crippen molar-refractivity contribution >= 4 is 11.9 Å². The Kier molecular flexibility index (Phi) is 5.40. The van der Waals surface area contributed by atoms with Crippen molar-refractivity contribution in [2.45, 2.75) is 71.9 Å². The van der Waals surface area contributed by atoms with Crippen molar-refractivity contribution in [3.05, 3.63) is 35.4 Å². The zero-order valence-electron chi connectivity index (χ0n) is 16.5. The summed E-state index contributed by atoms with van der Waals surface area (Å²) in [6.07, 6.45) is 4.37. The number of hydrogen-bond donors (Lipinski definition) is 0. The predicted molar refractivity (Wildman–Crippen MR) is 102 cm³/mol. The van der Waals surface area contributed by atoms with Crippen LogP contribution in [0.3, 0.4) is 0 Å². The summed E-state index contributed by atoms with van der Waals surface area (Å²) in [5.74, 6) is 0.536. The number of hydrogen-bond acceptors (Lipinski definition) is 3. The van der Waals surface area contributed by atoms with Gasteiger partial charge in [0, 0.05) is 17.6 Å². The molecule has 1 aromatic carbocycles. The van der Waals surface area contributed by atoms with Gasteiger partial charge in [0.05, 0.1) is 12.0 Å². The van der Waals surface area contributed by atoms with E-state index in [1.165, 1.54) is 5.56 Å². The lowest BCUT2D eigenvalue weighted by molar-refractivity contribution is -0.157. The van der Waals surface area contributed by atoms with Gasteiger partial charge in [0.15, 0.2) is 0 Å². The molecule has 142 valence electrons. The normalized spacial score (nSPS) is 27.2. The van der Waals surface area contributed by atoms with Crippen LogP contribution in [0.25, 0.3) is 0 Å². The average molecular weight is 357 g/mol. The highest BCUT2D eigenvalue weighted by molar-refractivity contribution is 5.96. The molecular formula is C22H31NO3. The SMILES string of the molecule is CCOC(=O)[C@@]1(CC)C[C@H]2CC[C@@H]1N2C(=O)c1ccc(CC(C)C)cc1. The molecular weight excluding hydrogens is 326 g/mol. The summed E-state index contributed by atoms with van der Waals surface area (Å²) in [4.78, 5) is 27.9. The van der Waals surface area contributed by atoms with Gasteiger partial charge in [-0.1, -0.05) is 32.9 Å². The van der Waals surface area contributed by atoms with Gasteiger partial charge in [-0.15, -0.1) is 0 Å². The fourth-order valence-electron chi connectivity index (χ4n) is 4.91.